The average Bonchev–Trinajstić information content (AvgIpc) is 2.46. The van der Waals surface area contributed by atoms with E-state index in [2.05, 4.69) is 47.7 Å². The fourth-order valence-corrected chi connectivity index (χ4v) is 3.14. The Balaban J connectivity index is 2.06. The maximum absolute atomic E-state index is 6.10. The molecule has 1 saturated heterocycles. The summed E-state index contributed by atoms with van der Waals surface area (Å²) >= 11 is 6.10. The van der Waals surface area contributed by atoms with E-state index in [1.165, 1.54) is 19.4 Å². The van der Waals surface area contributed by atoms with Gasteiger partial charge < -0.3 is 9.80 Å². The van der Waals surface area contributed by atoms with Crippen LogP contribution in [0.3, 0.4) is 0 Å². The lowest BCUT2D eigenvalue weighted by Gasteiger charge is -2.35. The Morgan fingerprint density at radius 3 is 2.52 bits per heavy atom. The van der Waals surface area contributed by atoms with Gasteiger partial charge in [-0.2, -0.15) is 0 Å². The third-order valence-corrected chi connectivity index (χ3v) is 4.34. The van der Waals surface area contributed by atoms with Crippen LogP contribution in [0.15, 0.2) is 6.20 Å². The highest BCUT2D eigenvalue weighted by atomic mass is 35.5. The van der Waals surface area contributed by atoms with E-state index in [1.807, 2.05) is 6.20 Å². The molecular formula is C16H27ClN4. The molecule has 21 heavy (non-hydrogen) atoms. The van der Waals surface area contributed by atoms with Gasteiger partial charge in [0.2, 0.25) is 0 Å². The van der Waals surface area contributed by atoms with Crippen LogP contribution in [-0.2, 0) is 5.88 Å². The van der Waals surface area contributed by atoms with Crippen LogP contribution in [0, 0.1) is 5.92 Å². The first-order chi connectivity index (χ1) is 10.0. The maximum Gasteiger partial charge on any atom is 0.131 e. The zero-order chi connectivity index (χ0) is 15.4. The number of anilines is 1. The third-order valence-electron chi connectivity index (χ3n) is 4.09. The van der Waals surface area contributed by atoms with Crippen LogP contribution in [-0.4, -0.2) is 48.6 Å². The zero-order valence-corrected chi connectivity index (χ0v) is 14.4. The van der Waals surface area contributed by atoms with Crippen LogP contribution >= 0.6 is 11.6 Å². The monoisotopic (exact) mass is 310 g/mol. The lowest BCUT2D eigenvalue weighted by molar-refractivity contribution is 0.285. The lowest BCUT2D eigenvalue weighted by atomic mass is 9.96. The van der Waals surface area contributed by atoms with Gasteiger partial charge in [0, 0.05) is 25.6 Å². The molecule has 1 fully saturated rings. The van der Waals surface area contributed by atoms with Crippen LogP contribution in [0.5, 0.6) is 0 Å². The minimum absolute atomic E-state index is 0.340. The Bertz CT molecular complexity index is 454. The second-order valence-electron chi connectivity index (χ2n) is 6.54. The number of piperidine rings is 1. The molecule has 0 radical (unpaired) electrons. The molecular weight excluding hydrogens is 284 g/mol. The van der Waals surface area contributed by atoms with Gasteiger partial charge in [0.15, 0.2) is 0 Å². The van der Waals surface area contributed by atoms with E-state index in [9.17, 15) is 0 Å². The summed E-state index contributed by atoms with van der Waals surface area (Å²) in [5.41, 5.74) is 2.10. The molecule has 118 valence electrons. The Hall–Kier alpha value is -0.870. The number of alkyl halides is 1. The predicted molar refractivity (Wildman–Crippen MR) is 89.2 cm³/mol. The predicted octanol–water partition coefficient (Wildman–Crippen LogP) is 3.12. The molecule has 4 nitrogen and oxygen atoms in total. The van der Waals surface area contributed by atoms with Crippen molar-refractivity contribution in [3.63, 3.8) is 0 Å². The van der Waals surface area contributed by atoms with Crippen molar-refractivity contribution in [2.24, 2.45) is 5.92 Å². The van der Waals surface area contributed by atoms with E-state index in [1.54, 1.807) is 0 Å². The first kappa shape index (κ1) is 16.5. The fraction of sp³-hybridized carbons (Fsp3) is 0.750. The summed E-state index contributed by atoms with van der Waals surface area (Å²) < 4.78 is 0. The van der Waals surface area contributed by atoms with Crippen molar-refractivity contribution in [1.29, 1.82) is 0 Å². The van der Waals surface area contributed by atoms with Gasteiger partial charge in [0.25, 0.3) is 0 Å². The molecule has 0 aliphatic carbocycles. The number of rotatable bonds is 5. The van der Waals surface area contributed by atoms with Crippen molar-refractivity contribution in [3.8, 4) is 0 Å². The molecule has 1 aliphatic rings. The van der Waals surface area contributed by atoms with Crippen LogP contribution in [0.4, 0.5) is 5.69 Å². The van der Waals surface area contributed by atoms with Crippen molar-refractivity contribution in [3.05, 3.63) is 17.7 Å². The van der Waals surface area contributed by atoms with Crippen molar-refractivity contribution >= 4 is 17.3 Å². The summed E-state index contributed by atoms with van der Waals surface area (Å²) in [5, 5.41) is 0. The molecule has 0 atom stereocenters. The summed E-state index contributed by atoms with van der Waals surface area (Å²) in [6.45, 7) is 7.55. The highest BCUT2D eigenvalue weighted by Crippen LogP contribution is 2.27. The molecule has 0 aromatic carbocycles. The molecule has 0 N–H and O–H groups in total. The highest BCUT2D eigenvalue weighted by molar-refractivity contribution is 6.17. The molecule has 2 rings (SSSR count). The zero-order valence-electron chi connectivity index (χ0n) is 13.6. The number of hydrogen-bond acceptors (Lipinski definition) is 4. The molecule has 0 amide bonds. The Kier molecular flexibility index (Phi) is 5.82. The Labute approximate surface area is 133 Å². The van der Waals surface area contributed by atoms with Gasteiger partial charge in [0.05, 0.1) is 23.5 Å². The number of hydrogen-bond donors (Lipinski definition) is 0. The summed E-state index contributed by atoms with van der Waals surface area (Å²) in [4.78, 5) is 13.8. The van der Waals surface area contributed by atoms with Crippen molar-refractivity contribution < 1.29 is 0 Å². The van der Waals surface area contributed by atoms with E-state index >= 15 is 0 Å². The van der Waals surface area contributed by atoms with Crippen LogP contribution in [0.25, 0.3) is 0 Å². The molecule has 5 heteroatoms. The highest BCUT2D eigenvalue weighted by Gasteiger charge is 2.22. The van der Waals surface area contributed by atoms with E-state index < -0.39 is 0 Å². The Morgan fingerprint density at radius 2 is 2.00 bits per heavy atom. The number of aromatic nitrogens is 2. The van der Waals surface area contributed by atoms with Gasteiger partial charge in [0.1, 0.15) is 5.82 Å². The Morgan fingerprint density at radius 1 is 1.33 bits per heavy atom. The second-order valence-corrected chi connectivity index (χ2v) is 6.81. The molecule has 0 unspecified atom stereocenters. The van der Waals surface area contributed by atoms with Gasteiger partial charge in [-0.25, -0.2) is 9.97 Å². The largest absolute Gasteiger partial charge is 0.369 e. The van der Waals surface area contributed by atoms with Crippen LogP contribution in [0.1, 0.15) is 44.1 Å². The van der Waals surface area contributed by atoms with Crippen molar-refractivity contribution in [2.45, 2.75) is 38.5 Å². The standard InChI is InChI=1S/C16H27ClN4/c1-12(2)16-18-10-15(14(9-17)19-16)21-7-5-13(6-8-21)11-20(3)4/h10,12-13H,5-9,11H2,1-4H3. The van der Waals surface area contributed by atoms with Gasteiger partial charge in [-0.1, -0.05) is 13.8 Å². The first-order valence-corrected chi connectivity index (χ1v) is 8.36. The summed E-state index contributed by atoms with van der Waals surface area (Å²) in [5.74, 6) is 2.48. The molecule has 0 spiro atoms. The normalized spacial score (nSPS) is 17.0. The van der Waals surface area contributed by atoms with Crippen molar-refractivity contribution in [2.75, 3.05) is 38.6 Å². The molecule has 2 heterocycles. The smallest absolute Gasteiger partial charge is 0.131 e. The van der Waals surface area contributed by atoms with Gasteiger partial charge >= 0.3 is 0 Å². The molecule has 0 saturated carbocycles. The summed E-state index contributed by atoms with van der Waals surface area (Å²) in [6.07, 6.45) is 4.42. The molecule has 1 aliphatic heterocycles. The summed E-state index contributed by atoms with van der Waals surface area (Å²) in [6, 6.07) is 0. The minimum Gasteiger partial charge on any atom is -0.369 e. The SMILES string of the molecule is CC(C)c1ncc(N2CCC(CN(C)C)CC2)c(CCl)n1. The minimum atomic E-state index is 0.340. The van der Waals surface area contributed by atoms with Crippen LogP contribution < -0.4 is 4.90 Å². The van der Waals surface area contributed by atoms with Crippen molar-refractivity contribution in [1.82, 2.24) is 14.9 Å². The first-order valence-electron chi connectivity index (χ1n) is 7.82. The topological polar surface area (TPSA) is 32.3 Å². The molecule has 1 aromatic heterocycles. The van der Waals surface area contributed by atoms with Crippen LogP contribution in [0.2, 0.25) is 0 Å². The van der Waals surface area contributed by atoms with E-state index in [-0.39, 0.29) is 0 Å². The van der Waals surface area contributed by atoms with E-state index in [0.29, 0.717) is 11.8 Å². The quantitative estimate of drug-likeness (QED) is 0.782. The molecule has 0 bridgehead atoms. The van der Waals surface area contributed by atoms with Gasteiger partial charge in [-0.3, -0.25) is 0 Å². The number of nitrogens with zero attached hydrogens (tertiary/aromatic N) is 4. The maximum atomic E-state index is 6.10. The van der Waals surface area contributed by atoms with Gasteiger partial charge in [-0.05, 0) is 32.9 Å². The number of halogens is 1. The van der Waals surface area contributed by atoms with E-state index in [0.717, 1.165) is 36.2 Å². The fourth-order valence-electron chi connectivity index (χ4n) is 2.94. The van der Waals surface area contributed by atoms with E-state index in [4.69, 9.17) is 11.6 Å². The third kappa shape index (κ3) is 4.30. The molecule has 1 aromatic rings. The second kappa shape index (κ2) is 7.41. The lowest BCUT2D eigenvalue weighted by Crippen LogP contribution is -2.37. The summed E-state index contributed by atoms with van der Waals surface area (Å²) in [7, 11) is 4.30. The van der Waals surface area contributed by atoms with Gasteiger partial charge in [-0.15, -0.1) is 11.6 Å². The average molecular weight is 311 g/mol.